The van der Waals surface area contributed by atoms with Crippen LogP contribution in [0.2, 0.25) is 0 Å². The molecule has 0 saturated heterocycles. The van der Waals surface area contributed by atoms with Gasteiger partial charge in [-0.3, -0.25) is 0 Å². The maximum absolute atomic E-state index is 11.1. The Kier molecular flexibility index (Phi) is 6.88. The van der Waals surface area contributed by atoms with Gasteiger partial charge in [0.25, 0.3) is 0 Å². The number of benzene rings is 1. The number of aliphatic hydroxyl groups is 1. The summed E-state index contributed by atoms with van der Waals surface area (Å²) >= 11 is 0. The third-order valence-corrected chi connectivity index (χ3v) is 5.08. The summed E-state index contributed by atoms with van der Waals surface area (Å²) in [6.07, 6.45) is 8.40. The molecular weight excluding hydrogens is 290 g/mol. The van der Waals surface area contributed by atoms with Gasteiger partial charge in [0, 0.05) is 13.7 Å². The van der Waals surface area contributed by atoms with E-state index in [4.69, 9.17) is 15.2 Å². The van der Waals surface area contributed by atoms with Crippen LogP contribution in [-0.2, 0) is 16.8 Å². The molecule has 4 nitrogen and oxygen atoms in total. The zero-order valence-electron chi connectivity index (χ0n) is 14.5. The molecule has 1 aromatic rings. The molecule has 0 aliphatic heterocycles. The molecule has 0 heterocycles. The van der Waals surface area contributed by atoms with Crippen molar-refractivity contribution in [1.29, 1.82) is 0 Å². The van der Waals surface area contributed by atoms with Crippen molar-refractivity contribution in [2.75, 3.05) is 20.8 Å². The third kappa shape index (κ3) is 4.69. The lowest BCUT2D eigenvalue weighted by Gasteiger charge is -2.30. The first-order valence-corrected chi connectivity index (χ1v) is 8.75. The molecule has 4 heteroatoms. The fraction of sp³-hybridized carbons (Fsp3) is 0.684. The van der Waals surface area contributed by atoms with Gasteiger partial charge in [-0.05, 0) is 55.4 Å². The molecule has 3 N–H and O–H groups in total. The highest BCUT2D eigenvalue weighted by Gasteiger charge is 2.30. The summed E-state index contributed by atoms with van der Waals surface area (Å²) in [5.41, 5.74) is 7.13. The number of hydrogen-bond donors (Lipinski definition) is 2. The average Bonchev–Trinajstić information content (AvgIpc) is 2.59. The predicted molar refractivity (Wildman–Crippen MR) is 92.8 cm³/mol. The van der Waals surface area contributed by atoms with Crippen LogP contribution in [0.25, 0.3) is 0 Å². The van der Waals surface area contributed by atoms with Gasteiger partial charge in [-0.25, -0.2) is 0 Å². The van der Waals surface area contributed by atoms with E-state index in [2.05, 4.69) is 6.07 Å². The lowest BCUT2D eigenvalue weighted by molar-refractivity contribution is 0.0294. The number of nitrogens with two attached hydrogens (primary N) is 1. The van der Waals surface area contributed by atoms with E-state index < -0.39 is 5.60 Å². The second-order valence-electron chi connectivity index (χ2n) is 6.61. The Balaban J connectivity index is 2.28. The van der Waals surface area contributed by atoms with Crippen LogP contribution in [-0.4, -0.2) is 32.0 Å². The Morgan fingerprint density at radius 3 is 2.57 bits per heavy atom. The minimum absolute atomic E-state index is 0.237. The van der Waals surface area contributed by atoms with Crippen molar-refractivity contribution in [2.24, 2.45) is 5.73 Å². The van der Waals surface area contributed by atoms with E-state index in [1.807, 2.05) is 12.1 Å². The summed E-state index contributed by atoms with van der Waals surface area (Å²) in [7, 11) is 3.46. The van der Waals surface area contributed by atoms with E-state index in [0.717, 1.165) is 56.3 Å². The number of aryl methyl sites for hydroxylation is 1. The number of ether oxygens (including phenoxy) is 2. The van der Waals surface area contributed by atoms with E-state index in [9.17, 15) is 5.11 Å². The van der Waals surface area contributed by atoms with Crippen LogP contribution in [0.15, 0.2) is 18.2 Å². The molecule has 0 fully saturated rings. The number of fused-ring (bicyclic) bond motifs is 1. The summed E-state index contributed by atoms with van der Waals surface area (Å²) in [5, 5.41) is 11.1. The average molecular weight is 321 g/mol. The molecule has 0 unspecified atom stereocenters. The van der Waals surface area contributed by atoms with Crippen LogP contribution in [0.5, 0.6) is 5.75 Å². The Morgan fingerprint density at radius 1 is 1.17 bits per heavy atom. The fourth-order valence-electron chi connectivity index (χ4n) is 3.54. The van der Waals surface area contributed by atoms with Gasteiger partial charge in [-0.2, -0.15) is 0 Å². The van der Waals surface area contributed by atoms with Crippen LogP contribution in [0, 0.1) is 0 Å². The molecule has 1 aromatic carbocycles. The monoisotopic (exact) mass is 321 g/mol. The van der Waals surface area contributed by atoms with Gasteiger partial charge in [0.2, 0.25) is 0 Å². The van der Waals surface area contributed by atoms with Crippen molar-refractivity contribution in [3.05, 3.63) is 29.3 Å². The molecule has 2 atom stereocenters. The molecule has 1 aliphatic rings. The molecule has 130 valence electrons. The van der Waals surface area contributed by atoms with Crippen molar-refractivity contribution in [3.63, 3.8) is 0 Å². The normalized spacial score (nSPS) is 26.7. The lowest BCUT2D eigenvalue weighted by atomic mass is 9.83. The standard InChI is InChI=1S/C19H31NO3/c1-22-16-8-4-3-7-15-10-11-17(23-2)13-18(15)19(21,14-20)12-6-5-9-16/h10-11,13,16,21H,3-9,12,14,20H2,1-2H3/t16-,19+/m0/s1. The Morgan fingerprint density at radius 2 is 1.91 bits per heavy atom. The highest BCUT2D eigenvalue weighted by atomic mass is 16.5. The zero-order chi connectivity index (χ0) is 16.7. The van der Waals surface area contributed by atoms with Gasteiger partial charge in [0.05, 0.1) is 13.2 Å². The van der Waals surface area contributed by atoms with Crippen molar-refractivity contribution >= 4 is 0 Å². The molecule has 1 aliphatic carbocycles. The summed E-state index contributed by atoms with van der Waals surface area (Å²) in [6.45, 7) is 0.237. The molecule has 23 heavy (non-hydrogen) atoms. The highest BCUT2D eigenvalue weighted by molar-refractivity contribution is 5.40. The van der Waals surface area contributed by atoms with Gasteiger partial charge in [0.15, 0.2) is 0 Å². The zero-order valence-corrected chi connectivity index (χ0v) is 14.5. The van der Waals surface area contributed by atoms with Gasteiger partial charge in [-0.1, -0.05) is 25.3 Å². The Hall–Kier alpha value is -1.10. The molecular formula is C19H31NO3. The summed E-state index contributed by atoms with van der Waals surface area (Å²) in [5.74, 6) is 0.780. The minimum Gasteiger partial charge on any atom is -0.497 e. The predicted octanol–water partition coefficient (Wildman–Crippen LogP) is 3.14. The van der Waals surface area contributed by atoms with E-state index in [1.54, 1.807) is 14.2 Å². The van der Waals surface area contributed by atoms with E-state index in [-0.39, 0.29) is 6.54 Å². The molecule has 0 aromatic heterocycles. The first kappa shape index (κ1) is 18.2. The number of hydrogen-bond acceptors (Lipinski definition) is 4. The van der Waals surface area contributed by atoms with Crippen LogP contribution < -0.4 is 10.5 Å². The minimum atomic E-state index is -0.967. The van der Waals surface area contributed by atoms with Crippen LogP contribution in [0.1, 0.15) is 56.1 Å². The van der Waals surface area contributed by atoms with Gasteiger partial charge < -0.3 is 20.3 Å². The van der Waals surface area contributed by atoms with E-state index >= 15 is 0 Å². The first-order chi connectivity index (χ1) is 11.1. The molecule has 0 bridgehead atoms. The summed E-state index contributed by atoms with van der Waals surface area (Å²) in [6, 6.07) is 6.01. The van der Waals surface area contributed by atoms with Crippen molar-refractivity contribution < 1.29 is 14.6 Å². The maximum atomic E-state index is 11.1. The third-order valence-electron chi connectivity index (χ3n) is 5.08. The molecule has 0 spiro atoms. The second-order valence-corrected chi connectivity index (χ2v) is 6.61. The van der Waals surface area contributed by atoms with Crippen LogP contribution in [0.4, 0.5) is 0 Å². The second kappa shape index (κ2) is 8.67. The topological polar surface area (TPSA) is 64.7 Å². The molecule has 0 amide bonds. The quantitative estimate of drug-likeness (QED) is 0.897. The largest absolute Gasteiger partial charge is 0.497 e. The summed E-state index contributed by atoms with van der Waals surface area (Å²) < 4.78 is 10.9. The van der Waals surface area contributed by atoms with Crippen LogP contribution >= 0.6 is 0 Å². The van der Waals surface area contributed by atoms with Crippen molar-refractivity contribution in [2.45, 2.75) is 63.1 Å². The van der Waals surface area contributed by atoms with Crippen LogP contribution in [0.3, 0.4) is 0 Å². The SMILES string of the molecule is COc1ccc2c(c1)[C@](O)(CN)CCCC[C@@H](OC)CCCC2. The summed E-state index contributed by atoms with van der Waals surface area (Å²) in [4.78, 5) is 0. The molecule has 2 rings (SSSR count). The van der Waals surface area contributed by atoms with Gasteiger partial charge >= 0.3 is 0 Å². The Labute approximate surface area is 140 Å². The van der Waals surface area contributed by atoms with Crippen molar-refractivity contribution in [1.82, 2.24) is 0 Å². The first-order valence-electron chi connectivity index (χ1n) is 8.75. The van der Waals surface area contributed by atoms with Gasteiger partial charge in [0.1, 0.15) is 11.4 Å². The highest BCUT2D eigenvalue weighted by Crippen LogP contribution is 2.33. The van der Waals surface area contributed by atoms with Gasteiger partial charge in [-0.15, -0.1) is 0 Å². The number of methoxy groups -OCH3 is 2. The van der Waals surface area contributed by atoms with E-state index in [0.29, 0.717) is 12.5 Å². The maximum Gasteiger partial charge on any atom is 0.119 e. The lowest BCUT2D eigenvalue weighted by Crippen LogP contribution is -2.36. The number of rotatable bonds is 3. The smallest absolute Gasteiger partial charge is 0.119 e. The Bertz CT molecular complexity index is 492. The van der Waals surface area contributed by atoms with Crippen molar-refractivity contribution in [3.8, 4) is 5.75 Å². The molecule has 0 saturated carbocycles. The molecule has 0 radical (unpaired) electrons. The van der Waals surface area contributed by atoms with E-state index in [1.165, 1.54) is 5.56 Å². The fourth-order valence-corrected chi connectivity index (χ4v) is 3.54.